The van der Waals surface area contributed by atoms with Crippen LogP contribution in [0.4, 0.5) is 0 Å². The third kappa shape index (κ3) is 4.22. The van der Waals surface area contributed by atoms with Crippen LogP contribution in [0.15, 0.2) is 59.9 Å². The molecule has 0 aliphatic carbocycles. The number of H-pyrrole nitrogens is 1. The summed E-state index contributed by atoms with van der Waals surface area (Å²) in [6, 6.07) is 13.9. The van der Waals surface area contributed by atoms with Crippen molar-refractivity contribution in [2.24, 2.45) is 0 Å². The van der Waals surface area contributed by atoms with E-state index in [1.165, 1.54) is 0 Å². The first-order chi connectivity index (χ1) is 15.2. The molecule has 158 valence electrons. The maximum absolute atomic E-state index is 6.17. The first-order valence-corrected chi connectivity index (χ1v) is 11.1. The van der Waals surface area contributed by atoms with Crippen molar-refractivity contribution in [3.63, 3.8) is 0 Å². The van der Waals surface area contributed by atoms with Gasteiger partial charge in [0.2, 0.25) is 0 Å². The molecule has 0 saturated heterocycles. The molecule has 0 saturated carbocycles. The molecule has 1 atom stereocenters. The molecule has 5 rings (SSSR count). The minimum absolute atomic E-state index is 0.346. The van der Waals surface area contributed by atoms with Crippen LogP contribution in [-0.2, 0) is 0 Å². The summed E-state index contributed by atoms with van der Waals surface area (Å²) < 4.78 is 12.1. The molecule has 2 aromatic carbocycles. The summed E-state index contributed by atoms with van der Waals surface area (Å²) in [7, 11) is 4.15. The molecule has 3 heterocycles. The molecule has 1 N–H and O–H groups in total. The number of rotatable bonds is 6. The Hall–Kier alpha value is -3.10. The van der Waals surface area contributed by atoms with Gasteiger partial charge in [0.25, 0.3) is 0 Å². The predicted molar refractivity (Wildman–Crippen MR) is 122 cm³/mol. The number of thioether (sulfide) groups is 1. The lowest BCUT2D eigenvalue weighted by Gasteiger charge is -2.25. The van der Waals surface area contributed by atoms with Gasteiger partial charge in [0, 0.05) is 29.4 Å². The van der Waals surface area contributed by atoms with Crippen molar-refractivity contribution in [1.29, 1.82) is 0 Å². The first-order valence-electron chi connectivity index (χ1n) is 10.1. The van der Waals surface area contributed by atoms with Crippen LogP contribution in [0.2, 0.25) is 0 Å². The van der Waals surface area contributed by atoms with Gasteiger partial charge in [-0.05, 0) is 43.9 Å². The van der Waals surface area contributed by atoms with E-state index in [1.807, 2.05) is 42.7 Å². The molecule has 0 amide bonds. The maximum Gasteiger partial charge on any atom is 0.192 e. The van der Waals surface area contributed by atoms with E-state index in [2.05, 4.69) is 41.3 Å². The van der Waals surface area contributed by atoms with Gasteiger partial charge < -0.3 is 14.4 Å². The molecule has 1 aliphatic rings. The molecular weight excluding hydrogens is 410 g/mol. The standard InChI is InChI=1S/C23H23N5O2S/c1-28(2)9-10-31-23-17-11-15(16-12-24-25-13-16)7-8-18(17)26-22(27-23)21-14-29-19-5-3-4-6-20(19)30-21/h3-8,11-13,21H,9-10,14H2,1-2H3,(H,24,25). The average molecular weight is 434 g/mol. The smallest absolute Gasteiger partial charge is 0.192 e. The van der Waals surface area contributed by atoms with E-state index >= 15 is 0 Å². The van der Waals surface area contributed by atoms with Crippen LogP contribution in [0.1, 0.15) is 11.9 Å². The van der Waals surface area contributed by atoms with Gasteiger partial charge in [-0.15, -0.1) is 11.8 Å². The number of benzene rings is 2. The zero-order chi connectivity index (χ0) is 21.2. The molecule has 0 spiro atoms. The molecular formula is C23H23N5O2S. The van der Waals surface area contributed by atoms with Crippen LogP contribution in [0.3, 0.4) is 0 Å². The fourth-order valence-electron chi connectivity index (χ4n) is 3.43. The molecule has 8 heteroatoms. The quantitative estimate of drug-likeness (QED) is 0.361. The van der Waals surface area contributed by atoms with E-state index in [1.54, 1.807) is 11.8 Å². The van der Waals surface area contributed by atoms with Crippen LogP contribution >= 0.6 is 11.8 Å². The van der Waals surface area contributed by atoms with E-state index in [9.17, 15) is 0 Å². The van der Waals surface area contributed by atoms with E-state index < -0.39 is 0 Å². The molecule has 0 fully saturated rings. The van der Waals surface area contributed by atoms with Crippen molar-refractivity contribution in [2.75, 3.05) is 33.0 Å². The number of ether oxygens (including phenoxy) is 2. The van der Waals surface area contributed by atoms with Gasteiger partial charge in [-0.3, -0.25) is 5.10 Å². The molecule has 31 heavy (non-hydrogen) atoms. The summed E-state index contributed by atoms with van der Waals surface area (Å²) in [6.07, 6.45) is 3.36. The van der Waals surface area contributed by atoms with E-state index in [4.69, 9.17) is 19.4 Å². The first kappa shape index (κ1) is 19.8. The van der Waals surface area contributed by atoms with Gasteiger partial charge in [0.05, 0.1) is 11.7 Å². The Morgan fingerprint density at radius 1 is 1.10 bits per heavy atom. The largest absolute Gasteiger partial charge is 0.485 e. The zero-order valence-electron chi connectivity index (χ0n) is 17.4. The molecule has 0 radical (unpaired) electrons. The summed E-state index contributed by atoms with van der Waals surface area (Å²) in [5.74, 6) is 3.05. The number of aromatic amines is 1. The van der Waals surface area contributed by atoms with Gasteiger partial charge >= 0.3 is 0 Å². The summed E-state index contributed by atoms with van der Waals surface area (Å²) in [4.78, 5) is 11.9. The second-order valence-corrected chi connectivity index (χ2v) is 8.71. The van der Waals surface area contributed by atoms with Gasteiger partial charge in [0.1, 0.15) is 11.6 Å². The van der Waals surface area contributed by atoms with Crippen molar-refractivity contribution < 1.29 is 9.47 Å². The van der Waals surface area contributed by atoms with E-state index in [0.29, 0.717) is 12.4 Å². The molecule has 2 aromatic heterocycles. The Balaban J connectivity index is 1.52. The third-order valence-electron chi connectivity index (χ3n) is 5.08. The van der Waals surface area contributed by atoms with Crippen LogP contribution in [0.5, 0.6) is 11.5 Å². The predicted octanol–water partition coefficient (Wildman–Crippen LogP) is 4.19. The summed E-state index contributed by atoms with van der Waals surface area (Å²) in [6.45, 7) is 1.35. The summed E-state index contributed by atoms with van der Waals surface area (Å²) >= 11 is 1.74. The number of hydrogen-bond acceptors (Lipinski definition) is 7. The summed E-state index contributed by atoms with van der Waals surface area (Å²) in [5, 5.41) is 8.93. The lowest BCUT2D eigenvalue weighted by atomic mass is 10.1. The van der Waals surface area contributed by atoms with Gasteiger partial charge in [0.15, 0.2) is 23.4 Å². The van der Waals surface area contributed by atoms with Crippen molar-refractivity contribution in [2.45, 2.75) is 11.1 Å². The fourth-order valence-corrected chi connectivity index (χ4v) is 4.56. The zero-order valence-corrected chi connectivity index (χ0v) is 18.2. The van der Waals surface area contributed by atoms with Crippen LogP contribution in [0, 0.1) is 0 Å². The number of hydrogen-bond donors (Lipinski definition) is 1. The Kier molecular flexibility index (Phi) is 5.48. The average Bonchev–Trinajstić information content (AvgIpc) is 3.33. The highest BCUT2D eigenvalue weighted by Gasteiger charge is 2.26. The minimum atomic E-state index is -0.346. The van der Waals surface area contributed by atoms with Gasteiger partial charge in [-0.1, -0.05) is 18.2 Å². The Morgan fingerprint density at radius 2 is 1.97 bits per heavy atom. The lowest BCUT2D eigenvalue weighted by molar-refractivity contribution is 0.0849. The van der Waals surface area contributed by atoms with Crippen LogP contribution < -0.4 is 9.47 Å². The third-order valence-corrected chi connectivity index (χ3v) is 6.05. The number of nitrogens with zero attached hydrogens (tertiary/aromatic N) is 4. The molecule has 1 unspecified atom stereocenters. The Morgan fingerprint density at radius 3 is 2.77 bits per heavy atom. The lowest BCUT2D eigenvalue weighted by Crippen LogP contribution is -2.23. The summed E-state index contributed by atoms with van der Waals surface area (Å²) in [5.41, 5.74) is 3.01. The number of fused-ring (bicyclic) bond motifs is 2. The SMILES string of the molecule is CN(C)CCSc1nc(C2COc3ccccc3O2)nc2ccc(-c3cn[nH]c3)cc12. The fraction of sp³-hybridized carbons (Fsp3) is 0.261. The molecule has 4 aromatic rings. The number of nitrogens with one attached hydrogen (secondary N) is 1. The van der Waals surface area contributed by atoms with Gasteiger partial charge in [-0.2, -0.15) is 5.10 Å². The van der Waals surface area contributed by atoms with Crippen LogP contribution in [-0.4, -0.2) is 58.1 Å². The van der Waals surface area contributed by atoms with E-state index in [-0.39, 0.29) is 6.10 Å². The maximum atomic E-state index is 6.17. The number of para-hydroxylation sites is 2. The highest BCUT2D eigenvalue weighted by atomic mass is 32.2. The topological polar surface area (TPSA) is 76.2 Å². The molecule has 1 aliphatic heterocycles. The highest BCUT2D eigenvalue weighted by Crippen LogP contribution is 2.37. The van der Waals surface area contributed by atoms with E-state index in [0.717, 1.165) is 50.9 Å². The Labute approximate surface area is 184 Å². The normalized spacial score (nSPS) is 15.5. The van der Waals surface area contributed by atoms with Gasteiger partial charge in [-0.25, -0.2) is 9.97 Å². The molecule has 7 nitrogen and oxygen atoms in total. The molecule has 0 bridgehead atoms. The van der Waals surface area contributed by atoms with Crippen molar-refractivity contribution in [3.05, 3.63) is 60.7 Å². The monoisotopic (exact) mass is 433 g/mol. The second-order valence-electron chi connectivity index (χ2n) is 7.62. The second kappa shape index (κ2) is 8.56. The van der Waals surface area contributed by atoms with Crippen LogP contribution in [0.25, 0.3) is 22.0 Å². The van der Waals surface area contributed by atoms with Crippen molar-refractivity contribution in [1.82, 2.24) is 25.1 Å². The highest BCUT2D eigenvalue weighted by molar-refractivity contribution is 7.99. The van der Waals surface area contributed by atoms with Crippen molar-refractivity contribution >= 4 is 22.7 Å². The Bertz CT molecular complexity index is 1200. The van der Waals surface area contributed by atoms with Crippen molar-refractivity contribution in [3.8, 4) is 22.6 Å². The minimum Gasteiger partial charge on any atom is -0.485 e. The number of aromatic nitrogens is 4.